The molecule has 4 rings (SSSR count). The number of nitrogens with zero attached hydrogens (tertiary/aromatic N) is 1. The van der Waals surface area contributed by atoms with E-state index in [2.05, 4.69) is 10.2 Å². The third kappa shape index (κ3) is 7.87. The Balaban J connectivity index is 0.000000650. The minimum atomic E-state index is -1.01. The van der Waals surface area contributed by atoms with Gasteiger partial charge in [0.25, 0.3) is 0 Å². The van der Waals surface area contributed by atoms with Crippen molar-refractivity contribution in [2.24, 2.45) is 5.92 Å². The summed E-state index contributed by atoms with van der Waals surface area (Å²) in [6.45, 7) is 2.56. The van der Waals surface area contributed by atoms with Gasteiger partial charge in [-0.1, -0.05) is 25.7 Å². The Hall–Kier alpha value is -1.96. The number of likely N-dealkylation sites (tertiary alicyclic amines) is 1. The summed E-state index contributed by atoms with van der Waals surface area (Å²) < 4.78 is 45.9. The number of rotatable bonds is 6. The fraction of sp³-hybridized carbons (Fsp3) is 0.708. The van der Waals surface area contributed by atoms with Crippen LogP contribution in [-0.4, -0.2) is 47.9 Å². The highest BCUT2D eigenvalue weighted by Gasteiger charge is 2.26. The van der Waals surface area contributed by atoms with E-state index >= 15 is 0 Å². The molecule has 3 fully saturated rings. The molecule has 5 nitrogen and oxygen atoms in total. The Bertz CT molecular complexity index is 702. The summed E-state index contributed by atoms with van der Waals surface area (Å²) in [6, 6.07) is 1.34. The zero-order valence-corrected chi connectivity index (χ0v) is 18.6. The minimum Gasteiger partial charge on any atom is -0.484 e. The lowest BCUT2D eigenvalue weighted by molar-refractivity contribution is 0.0883. The number of benzene rings is 1. The lowest BCUT2D eigenvalue weighted by Crippen LogP contribution is -2.40. The average molecular weight is 457 g/mol. The van der Waals surface area contributed by atoms with Crippen molar-refractivity contribution in [2.75, 3.05) is 19.6 Å². The second kappa shape index (κ2) is 12.3. The predicted molar refractivity (Wildman–Crippen MR) is 116 cm³/mol. The summed E-state index contributed by atoms with van der Waals surface area (Å²) in [6.07, 6.45) is 11.0. The zero-order valence-electron chi connectivity index (χ0n) is 18.6. The summed E-state index contributed by atoms with van der Waals surface area (Å²) >= 11 is 0. The van der Waals surface area contributed by atoms with Crippen molar-refractivity contribution in [3.05, 3.63) is 29.6 Å². The number of ether oxygens (including phenoxy) is 1. The predicted octanol–water partition coefficient (Wildman–Crippen LogP) is 5.72. The molecular weight excluding hydrogens is 421 g/mol. The largest absolute Gasteiger partial charge is 0.484 e. The highest BCUT2D eigenvalue weighted by molar-refractivity contribution is 5.64. The van der Waals surface area contributed by atoms with Gasteiger partial charge in [0.1, 0.15) is 11.9 Å². The van der Waals surface area contributed by atoms with E-state index < -0.39 is 29.3 Å². The van der Waals surface area contributed by atoms with Crippen molar-refractivity contribution >= 4 is 6.09 Å². The summed E-state index contributed by atoms with van der Waals surface area (Å²) in [5.41, 5.74) is 0. The van der Waals surface area contributed by atoms with Crippen molar-refractivity contribution in [1.82, 2.24) is 10.2 Å². The molecule has 1 aliphatic heterocycles. The quantitative estimate of drug-likeness (QED) is 0.574. The van der Waals surface area contributed by atoms with Crippen LogP contribution >= 0.6 is 0 Å². The Kier molecular flexibility index (Phi) is 9.51. The van der Waals surface area contributed by atoms with Crippen LogP contribution in [0.3, 0.4) is 0 Å². The number of hydrogen-bond acceptors (Lipinski definition) is 3. The van der Waals surface area contributed by atoms with E-state index in [0.717, 1.165) is 51.7 Å². The van der Waals surface area contributed by atoms with Crippen LogP contribution in [0.1, 0.15) is 70.6 Å². The fourth-order valence-electron chi connectivity index (χ4n) is 4.44. The molecule has 0 unspecified atom stereocenters. The third-order valence-electron chi connectivity index (χ3n) is 6.81. The SMILES string of the molecule is C1CCC1.O=C(O)NC1CCC(CCN2CCC(Oc3c(F)cc(F)cc3F)CC2)CC1. The van der Waals surface area contributed by atoms with Gasteiger partial charge in [-0.05, 0) is 57.4 Å². The van der Waals surface area contributed by atoms with Crippen molar-refractivity contribution in [3.63, 3.8) is 0 Å². The van der Waals surface area contributed by atoms with Crippen LogP contribution in [0.5, 0.6) is 5.75 Å². The molecule has 1 saturated heterocycles. The Morgan fingerprint density at radius 1 is 0.969 bits per heavy atom. The summed E-state index contributed by atoms with van der Waals surface area (Å²) in [7, 11) is 0. The van der Waals surface area contributed by atoms with Gasteiger partial charge in [-0.3, -0.25) is 0 Å². The van der Waals surface area contributed by atoms with E-state index in [0.29, 0.717) is 30.9 Å². The zero-order chi connectivity index (χ0) is 22.9. The van der Waals surface area contributed by atoms with Crippen molar-refractivity contribution < 1.29 is 27.8 Å². The monoisotopic (exact) mass is 456 g/mol. The number of halogens is 3. The van der Waals surface area contributed by atoms with Gasteiger partial charge in [0, 0.05) is 31.3 Å². The number of hydrogen-bond donors (Lipinski definition) is 2. The standard InChI is InChI=1S/C20H27F3N2O3.C4H8/c21-14-11-17(22)19(18(23)12-14)28-16-6-9-25(10-7-16)8-5-13-1-3-15(4-2-13)24-20(26)27;1-2-4-3-1/h11-13,15-16,24H,1-10H2,(H,26,27);1-4H2. The van der Waals surface area contributed by atoms with E-state index in [-0.39, 0.29) is 12.1 Å². The number of carbonyl (C=O) groups is 1. The molecule has 2 N–H and O–H groups in total. The lowest BCUT2D eigenvalue weighted by atomic mass is 9.84. The Labute approximate surface area is 188 Å². The van der Waals surface area contributed by atoms with Crippen LogP contribution in [0.2, 0.25) is 0 Å². The van der Waals surface area contributed by atoms with Gasteiger partial charge in [-0.2, -0.15) is 0 Å². The van der Waals surface area contributed by atoms with E-state index in [4.69, 9.17) is 9.84 Å². The van der Waals surface area contributed by atoms with E-state index in [1.807, 2.05) is 0 Å². The molecule has 2 saturated carbocycles. The first-order valence-electron chi connectivity index (χ1n) is 11.9. The van der Waals surface area contributed by atoms with Crippen LogP contribution < -0.4 is 10.1 Å². The molecule has 0 aromatic heterocycles. The normalized spacial score (nSPS) is 24.1. The Morgan fingerprint density at radius 2 is 1.53 bits per heavy atom. The first kappa shape index (κ1) is 24.7. The first-order chi connectivity index (χ1) is 15.4. The maximum Gasteiger partial charge on any atom is 0.404 e. The van der Waals surface area contributed by atoms with Crippen molar-refractivity contribution in [1.29, 1.82) is 0 Å². The molecule has 0 atom stereocenters. The van der Waals surface area contributed by atoms with Gasteiger partial charge in [-0.25, -0.2) is 18.0 Å². The van der Waals surface area contributed by atoms with Gasteiger partial charge in [0.05, 0.1) is 0 Å². The second-order valence-electron chi connectivity index (χ2n) is 9.23. The summed E-state index contributed by atoms with van der Waals surface area (Å²) in [5.74, 6) is -2.85. The topological polar surface area (TPSA) is 61.8 Å². The van der Waals surface area contributed by atoms with Crippen molar-refractivity contribution in [3.8, 4) is 5.75 Å². The van der Waals surface area contributed by atoms with Crippen LogP contribution in [0, 0.1) is 23.4 Å². The fourth-order valence-corrected chi connectivity index (χ4v) is 4.44. The van der Waals surface area contributed by atoms with Crippen LogP contribution in [-0.2, 0) is 0 Å². The highest BCUT2D eigenvalue weighted by Crippen LogP contribution is 2.29. The van der Waals surface area contributed by atoms with Gasteiger partial charge in [0.2, 0.25) is 0 Å². The van der Waals surface area contributed by atoms with Gasteiger partial charge in [-0.15, -0.1) is 0 Å². The smallest absolute Gasteiger partial charge is 0.404 e. The number of amides is 1. The number of nitrogens with one attached hydrogen (secondary N) is 1. The van der Waals surface area contributed by atoms with Gasteiger partial charge >= 0.3 is 6.09 Å². The molecule has 0 spiro atoms. The van der Waals surface area contributed by atoms with E-state index in [1.54, 1.807) is 0 Å². The number of carboxylic acid groups (broad SMARTS) is 1. The van der Waals surface area contributed by atoms with Crippen LogP contribution in [0.4, 0.5) is 18.0 Å². The molecule has 1 heterocycles. The molecule has 180 valence electrons. The molecule has 8 heteroatoms. The van der Waals surface area contributed by atoms with Gasteiger partial charge in [0.15, 0.2) is 17.4 Å². The summed E-state index contributed by atoms with van der Waals surface area (Å²) in [5, 5.41) is 11.3. The molecular formula is C24H35F3N2O3. The molecule has 1 aromatic rings. The first-order valence-corrected chi connectivity index (χ1v) is 11.9. The molecule has 2 aliphatic carbocycles. The van der Waals surface area contributed by atoms with Gasteiger partial charge < -0.3 is 20.1 Å². The van der Waals surface area contributed by atoms with Crippen molar-refractivity contribution in [2.45, 2.75) is 82.8 Å². The maximum absolute atomic E-state index is 13.7. The van der Waals surface area contributed by atoms with Crippen LogP contribution in [0.25, 0.3) is 0 Å². The lowest BCUT2D eigenvalue weighted by Gasteiger charge is -2.34. The molecule has 32 heavy (non-hydrogen) atoms. The van der Waals surface area contributed by atoms with Crippen LogP contribution in [0.15, 0.2) is 12.1 Å². The molecule has 1 amide bonds. The molecule has 0 radical (unpaired) electrons. The highest BCUT2D eigenvalue weighted by atomic mass is 19.1. The molecule has 3 aliphatic rings. The third-order valence-corrected chi connectivity index (χ3v) is 6.81. The Morgan fingerprint density at radius 3 is 2.03 bits per heavy atom. The molecule has 0 bridgehead atoms. The second-order valence-corrected chi connectivity index (χ2v) is 9.23. The number of piperidine rings is 1. The maximum atomic E-state index is 13.7. The van der Waals surface area contributed by atoms with E-state index in [1.165, 1.54) is 25.7 Å². The minimum absolute atomic E-state index is 0.0777. The average Bonchev–Trinajstić information content (AvgIpc) is 2.69. The summed E-state index contributed by atoms with van der Waals surface area (Å²) in [4.78, 5) is 13.0. The van der Waals surface area contributed by atoms with E-state index in [9.17, 15) is 18.0 Å². The molecule has 1 aromatic carbocycles.